The van der Waals surface area contributed by atoms with Crippen LogP contribution in [0.2, 0.25) is 0 Å². The summed E-state index contributed by atoms with van der Waals surface area (Å²) in [6.45, 7) is 5.00. The number of nitrogens with zero attached hydrogens (tertiary/aromatic N) is 2. The Morgan fingerprint density at radius 3 is 2.39 bits per heavy atom. The first-order valence-corrected chi connectivity index (χ1v) is 8.41. The largest absolute Gasteiger partial charge is 0.505 e. The van der Waals surface area contributed by atoms with E-state index in [0.717, 1.165) is 25.0 Å². The summed E-state index contributed by atoms with van der Waals surface area (Å²) in [4.78, 5) is 8.25. The summed E-state index contributed by atoms with van der Waals surface area (Å²) in [5, 5.41) is 9.22. The Morgan fingerprint density at radius 1 is 1.04 bits per heavy atom. The minimum atomic E-state index is 0.0871. The van der Waals surface area contributed by atoms with E-state index < -0.39 is 0 Å². The average Bonchev–Trinajstić information content (AvgIpc) is 2.56. The number of hydrogen-bond donors (Lipinski definition) is 1. The lowest BCUT2D eigenvalue weighted by Gasteiger charge is -2.10. The topological polar surface area (TPSA) is 55.2 Å². The van der Waals surface area contributed by atoms with Crippen LogP contribution in [0.3, 0.4) is 0 Å². The molecule has 0 aliphatic rings. The molecule has 0 bridgehead atoms. The van der Waals surface area contributed by atoms with Crippen LogP contribution in [0.1, 0.15) is 45.1 Å². The fourth-order valence-electron chi connectivity index (χ4n) is 2.60. The molecule has 0 aliphatic heterocycles. The molecule has 4 nitrogen and oxygen atoms in total. The van der Waals surface area contributed by atoms with Gasteiger partial charge in [0.05, 0.1) is 18.5 Å². The summed E-state index contributed by atoms with van der Waals surface area (Å²) >= 11 is 0. The van der Waals surface area contributed by atoms with Gasteiger partial charge in [-0.3, -0.25) is 0 Å². The Morgan fingerprint density at radius 2 is 1.74 bits per heavy atom. The standard InChI is InChI=1S/C19H26N2O2/c1-3-23-15(2)7-5-4-6-8-16-9-11-17(12-10-16)19-20-13-18(22)14-21-19/h9-15,22H,3-8H2,1-2H3. The SMILES string of the molecule is CCOC(C)CCCCCc1ccc(-c2ncc(O)cn2)cc1. The number of aryl methyl sites for hydroxylation is 1. The minimum Gasteiger partial charge on any atom is -0.505 e. The Labute approximate surface area is 138 Å². The Bertz CT molecular complexity index is 567. The molecule has 1 unspecified atom stereocenters. The van der Waals surface area contributed by atoms with Gasteiger partial charge >= 0.3 is 0 Å². The van der Waals surface area contributed by atoms with E-state index in [-0.39, 0.29) is 5.75 Å². The maximum Gasteiger partial charge on any atom is 0.159 e. The summed E-state index contributed by atoms with van der Waals surface area (Å²) in [5.74, 6) is 0.725. The van der Waals surface area contributed by atoms with Crippen molar-refractivity contribution < 1.29 is 9.84 Å². The molecule has 1 aromatic carbocycles. The van der Waals surface area contributed by atoms with Gasteiger partial charge in [0.2, 0.25) is 0 Å². The molecule has 124 valence electrons. The number of aromatic hydroxyl groups is 1. The molecule has 0 amide bonds. The number of aromatic nitrogens is 2. The molecular formula is C19H26N2O2. The predicted molar refractivity (Wildman–Crippen MR) is 92.4 cm³/mol. The monoisotopic (exact) mass is 314 g/mol. The zero-order valence-corrected chi connectivity index (χ0v) is 14.0. The molecule has 0 radical (unpaired) electrons. The molecule has 23 heavy (non-hydrogen) atoms. The zero-order valence-electron chi connectivity index (χ0n) is 14.0. The molecule has 1 N–H and O–H groups in total. The van der Waals surface area contributed by atoms with E-state index in [1.165, 1.54) is 37.2 Å². The van der Waals surface area contributed by atoms with E-state index in [1.807, 2.05) is 19.1 Å². The highest BCUT2D eigenvalue weighted by Gasteiger charge is 2.03. The van der Waals surface area contributed by atoms with Crippen LogP contribution in [0.4, 0.5) is 0 Å². The Hall–Kier alpha value is -1.94. The third-order valence-corrected chi connectivity index (χ3v) is 3.88. The van der Waals surface area contributed by atoms with Crippen molar-refractivity contribution in [3.05, 3.63) is 42.2 Å². The lowest BCUT2D eigenvalue weighted by atomic mass is 10.0. The summed E-state index contributed by atoms with van der Waals surface area (Å²) in [7, 11) is 0. The van der Waals surface area contributed by atoms with E-state index in [0.29, 0.717) is 11.9 Å². The van der Waals surface area contributed by atoms with Gasteiger partial charge in [-0.25, -0.2) is 9.97 Å². The van der Waals surface area contributed by atoms with Crippen molar-refractivity contribution in [3.63, 3.8) is 0 Å². The molecule has 0 aliphatic carbocycles. The van der Waals surface area contributed by atoms with Gasteiger partial charge in [-0.1, -0.05) is 37.1 Å². The smallest absolute Gasteiger partial charge is 0.159 e. The second kappa shape index (κ2) is 9.26. The van der Waals surface area contributed by atoms with Crippen LogP contribution in [0.5, 0.6) is 5.75 Å². The molecule has 1 heterocycles. The maximum absolute atomic E-state index is 9.22. The van der Waals surface area contributed by atoms with Gasteiger partial charge in [-0.05, 0) is 38.7 Å². The molecule has 0 spiro atoms. The van der Waals surface area contributed by atoms with Crippen LogP contribution in [0.25, 0.3) is 11.4 Å². The second-order valence-corrected chi connectivity index (χ2v) is 5.83. The van der Waals surface area contributed by atoms with Crippen molar-refractivity contribution in [1.82, 2.24) is 9.97 Å². The lowest BCUT2D eigenvalue weighted by molar-refractivity contribution is 0.0684. The van der Waals surface area contributed by atoms with E-state index in [4.69, 9.17) is 4.74 Å². The summed E-state index contributed by atoms with van der Waals surface area (Å²) in [6.07, 6.45) is 9.11. The number of hydrogen-bond acceptors (Lipinski definition) is 4. The van der Waals surface area contributed by atoms with Crippen LogP contribution in [-0.4, -0.2) is 27.8 Å². The summed E-state index contributed by atoms with van der Waals surface area (Å²) in [5.41, 5.74) is 2.31. The zero-order chi connectivity index (χ0) is 16.5. The lowest BCUT2D eigenvalue weighted by Crippen LogP contribution is -2.07. The highest BCUT2D eigenvalue weighted by Crippen LogP contribution is 2.18. The van der Waals surface area contributed by atoms with Crippen molar-refractivity contribution in [2.75, 3.05) is 6.61 Å². The molecular weight excluding hydrogens is 288 g/mol. The minimum absolute atomic E-state index is 0.0871. The van der Waals surface area contributed by atoms with Crippen molar-refractivity contribution >= 4 is 0 Å². The van der Waals surface area contributed by atoms with Crippen LogP contribution < -0.4 is 0 Å². The number of benzene rings is 1. The Kier molecular flexibility index (Phi) is 7.01. The van der Waals surface area contributed by atoms with Gasteiger partial charge in [0.25, 0.3) is 0 Å². The van der Waals surface area contributed by atoms with Gasteiger partial charge in [0.15, 0.2) is 11.6 Å². The first kappa shape index (κ1) is 17.4. The first-order valence-electron chi connectivity index (χ1n) is 8.41. The molecule has 0 saturated carbocycles. The summed E-state index contributed by atoms with van der Waals surface area (Å²) in [6, 6.07) is 8.35. The van der Waals surface area contributed by atoms with Gasteiger partial charge in [-0.15, -0.1) is 0 Å². The summed E-state index contributed by atoms with van der Waals surface area (Å²) < 4.78 is 5.54. The fraction of sp³-hybridized carbons (Fsp3) is 0.474. The molecule has 1 atom stereocenters. The molecule has 1 aromatic heterocycles. The van der Waals surface area contributed by atoms with Crippen LogP contribution in [0, 0.1) is 0 Å². The van der Waals surface area contributed by atoms with E-state index in [9.17, 15) is 5.11 Å². The van der Waals surface area contributed by atoms with Crippen molar-refractivity contribution in [2.45, 2.75) is 52.1 Å². The number of unbranched alkanes of at least 4 members (excludes halogenated alkanes) is 2. The third kappa shape index (κ3) is 5.99. The quantitative estimate of drug-likeness (QED) is 0.698. The highest BCUT2D eigenvalue weighted by molar-refractivity contribution is 5.55. The molecule has 0 saturated heterocycles. The number of ether oxygens (including phenoxy) is 1. The molecule has 4 heteroatoms. The second-order valence-electron chi connectivity index (χ2n) is 5.83. The highest BCUT2D eigenvalue weighted by atomic mass is 16.5. The molecule has 0 fully saturated rings. The predicted octanol–water partition coefficient (Wildman–Crippen LogP) is 4.38. The van der Waals surface area contributed by atoms with Crippen molar-refractivity contribution in [2.24, 2.45) is 0 Å². The van der Waals surface area contributed by atoms with E-state index in [2.05, 4.69) is 29.0 Å². The third-order valence-electron chi connectivity index (χ3n) is 3.88. The van der Waals surface area contributed by atoms with Gasteiger partial charge in [0, 0.05) is 12.2 Å². The van der Waals surface area contributed by atoms with Gasteiger partial charge in [-0.2, -0.15) is 0 Å². The van der Waals surface area contributed by atoms with Gasteiger partial charge in [0.1, 0.15) is 0 Å². The number of rotatable bonds is 9. The molecule has 2 aromatic rings. The maximum atomic E-state index is 9.22. The normalized spacial score (nSPS) is 12.3. The van der Waals surface area contributed by atoms with E-state index in [1.54, 1.807) is 0 Å². The Balaban J connectivity index is 1.74. The average molecular weight is 314 g/mol. The van der Waals surface area contributed by atoms with Crippen LogP contribution in [-0.2, 0) is 11.2 Å². The molecule has 2 rings (SSSR count). The van der Waals surface area contributed by atoms with Crippen molar-refractivity contribution in [1.29, 1.82) is 0 Å². The van der Waals surface area contributed by atoms with Crippen molar-refractivity contribution in [3.8, 4) is 17.1 Å². The first-order chi connectivity index (χ1) is 11.2. The fourth-order valence-corrected chi connectivity index (χ4v) is 2.60. The van der Waals surface area contributed by atoms with E-state index >= 15 is 0 Å². The van der Waals surface area contributed by atoms with Crippen LogP contribution in [0.15, 0.2) is 36.7 Å². The van der Waals surface area contributed by atoms with Crippen LogP contribution >= 0.6 is 0 Å². The van der Waals surface area contributed by atoms with Gasteiger partial charge < -0.3 is 9.84 Å².